The van der Waals surface area contributed by atoms with E-state index in [0.29, 0.717) is 5.69 Å². The number of fused-ring (bicyclic) bond motifs is 1. The minimum atomic E-state index is -0.298. The molecule has 0 unspecified atom stereocenters. The zero-order valence-corrected chi connectivity index (χ0v) is 10.5. The molecule has 1 amide bonds. The van der Waals surface area contributed by atoms with Gasteiger partial charge in [0.2, 0.25) is 0 Å². The van der Waals surface area contributed by atoms with Crippen LogP contribution in [0, 0.1) is 6.92 Å². The van der Waals surface area contributed by atoms with Gasteiger partial charge in [-0.1, -0.05) is 0 Å². The van der Waals surface area contributed by atoms with E-state index in [0.717, 1.165) is 16.7 Å². The lowest BCUT2D eigenvalue weighted by Crippen LogP contribution is -2.11. The van der Waals surface area contributed by atoms with E-state index in [2.05, 4.69) is 15.4 Å². The van der Waals surface area contributed by atoms with E-state index >= 15 is 0 Å². The summed E-state index contributed by atoms with van der Waals surface area (Å²) in [6.45, 7) is 1.90. The molecule has 0 atom stereocenters. The summed E-state index contributed by atoms with van der Waals surface area (Å²) in [4.78, 5) is 16.1. The van der Waals surface area contributed by atoms with Gasteiger partial charge in [0.1, 0.15) is 0 Å². The molecule has 0 aromatic carbocycles. The molecule has 6 nitrogen and oxygen atoms in total. The van der Waals surface area contributed by atoms with Crippen molar-refractivity contribution in [3.05, 3.63) is 42.1 Å². The third kappa shape index (κ3) is 1.97. The lowest BCUT2D eigenvalue weighted by atomic mass is 10.2. The van der Waals surface area contributed by atoms with Crippen molar-refractivity contribution in [3.63, 3.8) is 0 Å². The maximum Gasteiger partial charge on any atom is 0.291 e. The van der Waals surface area contributed by atoms with E-state index in [1.54, 1.807) is 23.0 Å². The Labute approximate surface area is 109 Å². The van der Waals surface area contributed by atoms with Crippen molar-refractivity contribution < 1.29 is 9.21 Å². The topological polar surface area (TPSA) is 73.0 Å². The smallest absolute Gasteiger partial charge is 0.291 e. The van der Waals surface area contributed by atoms with Crippen LogP contribution in [0.1, 0.15) is 16.2 Å². The van der Waals surface area contributed by atoms with Gasteiger partial charge in [0.05, 0.1) is 23.8 Å². The fourth-order valence-electron chi connectivity index (χ4n) is 1.98. The summed E-state index contributed by atoms with van der Waals surface area (Å²) in [7, 11) is 1.84. The van der Waals surface area contributed by atoms with E-state index in [4.69, 9.17) is 4.42 Å². The first-order chi connectivity index (χ1) is 9.15. The quantitative estimate of drug-likeness (QED) is 0.762. The van der Waals surface area contributed by atoms with Gasteiger partial charge in [-0.25, -0.2) is 4.98 Å². The Morgan fingerprint density at radius 1 is 1.47 bits per heavy atom. The number of hydrogen-bond acceptors (Lipinski definition) is 4. The molecule has 1 N–H and O–H groups in total. The second-order valence-electron chi connectivity index (χ2n) is 4.24. The van der Waals surface area contributed by atoms with Gasteiger partial charge in [0.25, 0.3) is 5.91 Å². The molecule has 0 saturated heterocycles. The maximum atomic E-state index is 11.8. The number of aromatic nitrogens is 3. The lowest BCUT2D eigenvalue weighted by Gasteiger charge is -2.03. The summed E-state index contributed by atoms with van der Waals surface area (Å²) in [5.41, 5.74) is 2.28. The van der Waals surface area contributed by atoms with Crippen LogP contribution >= 0.6 is 0 Å². The standard InChI is InChI=1S/C13H12N4O2/c1-8-10-6-9(7-14-12(10)17(2)16-8)15-13(18)11-4-3-5-19-11/h3-7H,1-2H3,(H,15,18). The molecular weight excluding hydrogens is 244 g/mol. The fraction of sp³-hybridized carbons (Fsp3) is 0.154. The average Bonchev–Trinajstić information content (AvgIpc) is 2.99. The fourth-order valence-corrected chi connectivity index (χ4v) is 1.98. The summed E-state index contributed by atoms with van der Waals surface area (Å²) >= 11 is 0. The molecule has 0 aliphatic carbocycles. The summed E-state index contributed by atoms with van der Waals surface area (Å²) in [5, 5.41) is 7.94. The molecule has 0 fully saturated rings. The number of furan rings is 1. The first kappa shape index (κ1) is 11.5. The maximum absolute atomic E-state index is 11.8. The molecule has 3 aromatic rings. The van der Waals surface area contributed by atoms with Crippen LogP contribution in [0.25, 0.3) is 11.0 Å². The number of nitrogens with zero attached hydrogens (tertiary/aromatic N) is 3. The summed E-state index contributed by atoms with van der Waals surface area (Å²) in [6, 6.07) is 5.13. The van der Waals surface area contributed by atoms with Gasteiger partial charge in [-0.05, 0) is 25.1 Å². The molecule has 0 radical (unpaired) electrons. The van der Waals surface area contributed by atoms with Crippen LogP contribution in [0.4, 0.5) is 5.69 Å². The number of carbonyl (C=O) groups is 1. The molecule has 19 heavy (non-hydrogen) atoms. The summed E-state index contributed by atoms with van der Waals surface area (Å²) < 4.78 is 6.75. The largest absolute Gasteiger partial charge is 0.459 e. The van der Waals surface area contributed by atoms with Crippen molar-refractivity contribution in [2.45, 2.75) is 6.92 Å². The van der Waals surface area contributed by atoms with Gasteiger partial charge in [-0.3, -0.25) is 9.48 Å². The highest BCUT2D eigenvalue weighted by Crippen LogP contribution is 2.19. The van der Waals surface area contributed by atoms with E-state index in [1.807, 2.05) is 20.0 Å². The Morgan fingerprint density at radius 3 is 3.05 bits per heavy atom. The van der Waals surface area contributed by atoms with E-state index in [1.165, 1.54) is 6.26 Å². The van der Waals surface area contributed by atoms with Crippen LogP contribution in [-0.2, 0) is 7.05 Å². The van der Waals surface area contributed by atoms with Gasteiger partial charge in [0, 0.05) is 12.4 Å². The molecule has 6 heteroatoms. The SMILES string of the molecule is Cc1nn(C)c2ncc(NC(=O)c3ccco3)cc12. The lowest BCUT2D eigenvalue weighted by molar-refractivity contribution is 0.0996. The van der Waals surface area contributed by atoms with Crippen LogP contribution in [0.5, 0.6) is 0 Å². The summed E-state index contributed by atoms with van der Waals surface area (Å²) in [5.74, 6) is -0.0318. The molecule has 3 heterocycles. The minimum Gasteiger partial charge on any atom is -0.459 e. The molecule has 0 saturated carbocycles. The van der Waals surface area contributed by atoms with E-state index in [-0.39, 0.29) is 11.7 Å². The highest BCUT2D eigenvalue weighted by Gasteiger charge is 2.11. The van der Waals surface area contributed by atoms with Crippen LogP contribution in [-0.4, -0.2) is 20.7 Å². The van der Waals surface area contributed by atoms with Crippen LogP contribution < -0.4 is 5.32 Å². The Kier molecular flexibility index (Phi) is 2.56. The molecule has 0 aliphatic heterocycles. The molecule has 0 aliphatic rings. The second kappa shape index (κ2) is 4.24. The predicted octanol–water partition coefficient (Wildman–Crippen LogP) is 2.12. The first-order valence-corrected chi connectivity index (χ1v) is 5.79. The molecule has 3 rings (SSSR count). The van der Waals surface area contributed by atoms with Crippen LogP contribution in [0.15, 0.2) is 35.1 Å². The highest BCUT2D eigenvalue weighted by atomic mass is 16.3. The number of carbonyl (C=O) groups excluding carboxylic acids is 1. The molecular formula is C13H12N4O2. The predicted molar refractivity (Wildman–Crippen MR) is 69.9 cm³/mol. The average molecular weight is 256 g/mol. The Balaban J connectivity index is 1.94. The Bertz CT molecular complexity index is 743. The number of amides is 1. The van der Waals surface area contributed by atoms with Crippen molar-refractivity contribution in [1.29, 1.82) is 0 Å². The highest BCUT2D eigenvalue weighted by molar-refractivity contribution is 6.02. The van der Waals surface area contributed by atoms with Gasteiger partial charge in [0.15, 0.2) is 11.4 Å². The summed E-state index contributed by atoms with van der Waals surface area (Å²) in [6.07, 6.45) is 3.06. The molecule has 3 aromatic heterocycles. The molecule has 96 valence electrons. The second-order valence-corrected chi connectivity index (χ2v) is 4.24. The van der Waals surface area contributed by atoms with Crippen molar-refractivity contribution in [2.24, 2.45) is 7.05 Å². The third-order valence-corrected chi connectivity index (χ3v) is 2.87. The number of anilines is 1. The zero-order chi connectivity index (χ0) is 13.4. The van der Waals surface area contributed by atoms with E-state index < -0.39 is 0 Å². The number of nitrogens with one attached hydrogen (secondary N) is 1. The van der Waals surface area contributed by atoms with Crippen LogP contribution in [0.2, 0.25) is 0 Å². The zero-order valence-electron chi connectivity index (χ0n) is 10.5. The molecule has 0 bridgehead atoms. The van der Waals surface area contributed by atoms with Crippen molar-refractivity contribution in [3.8, 4) is 0 Å². The van der Waals surface area contributed by atoms with Crippen molar-refractivity contribution in [1.82, 2.24) is 14.8 Å². The normalized spacial score (nSPS) is 10.8. The Hall–Kier alpha value is -2.63. The van der Waals surface area contributed by atoms with Gasteiger partial charge < -0.3 is 9.73 Å². The van der Waals surface area contributed by atoms with Crippen molar-refractivity contribution >= 4 is 22.6 Å². The minimum absolute atomic E-state index is 0.267. The number of aryl methyl sites for hydroxylation is 2. The van der Waals surface area contributed by atoms with Crippen LogP contribution in [0.3, 0.4) is 0 Å². The number of rotatable bonds is 2. The Morgan fingerprint density at radius 2 is 2.32 bits per heavy atom. The first-order valence-electron chi connectivity index (χ1n) is 5.79. The van der Waals surface area contributed by atoms with E-state index in [9.17, 15) is 4.79 Å². The monoisotopic (exact) mass is 256 g/mol. The number of hydrogen-bond donors (Lipinski definition) is 1. The van der Waals surface area contributed by atoms with Crippen molar-refractivity contribution in [2.75, 3.05) is 5.32 Å². The molecule has 0 spiro atoms. The third-order valence-electron chi connectivity index (χ3n) is 2.87. The van der Waals surface area contributed by atoms with Gasteiger partial charge in [-0.15, -0.1) is 0 Å². The van der Waals surface area contributed by atoms with Gasteiger partial charge >= 0.3 is 0 Å². The number of pyridine rings is 1. The van der Waals surface area contributed by atoms with Gasteiger partial charge in [-0.2, -0.15) is 5.10 Å².